The first-order valence-electron chi connectivity index (χ1n) is 4.48. The molecule has 0 atom stereocenters. The largest absolute Gasteiger partial charge is 0.337 e. The molecule has 0 aliphatic carbocycles. The number of H-pyrrole nitrogens is 1. The maximum atomic E-state index is 13.4. The van der Waals surface area contributed by atoms with E-state index in [0.717, 1.165) is 6.07 Å². The minimum Gasteiger partial charge on any atom is -0.337 e. The summed E-state index contributed by atoms with van der Waals surface area (Å²) in [6, 6.07) is 2.53. The van der Waals surface area contributed by atoms with E-state index in [1.807, 2.05) is 0 Å². The highest BCUT2D eigenvalue weighted by atomic mass is 32.1. The second-order valence-electron chi connectivity index (χ2n) is 3.22. The number of thiazole rings is 1. The maximum Gasteiger partial charge on any atom is 0.186 e. The Kier molecular flexibility index (Phi) is 1.97. The fourth-order valence-electron chi connectivity index (χ4n) is 1.47. The van der Waals surface area contributed by atoms with Crippen molar-refractivity contribution in [1.29, 1.82) is 0 Å². The first kappa shape index (κ1) is 9.41. The summed E-state index contributed by atoms with van der Waals surface area (Å²) in [5.74, 6) is -1.39. The fraction of sp³-hybridized carbons (Fsp3) is 0. The molecule has 1 aromatic carbocycles. The van der Waals surface area contributed by atoms with Gasteiger partial charge in [-0.05, 0) is 12.1 Å². The van der Waals surface area contributed by atoms with Crippen LogP contribution in [0, 0.1) is 11.6 Å². The molecule has 3 nitrogen and oxygen atoms in total. The Labute approximate surface area is 92.8 Å². The highest BCUT2D eigenvalue weighted by Crippen LogP contribution is 2.23. The van der Waals surface area contributed by atoms with Crippen LogP contribution in [0.15, 0.2) is 23.0 Å². The summed E-state index contributed by atoms with van der Waals surface area (Å²) in [6.07, 6.45) is 0. The molecule has 0 spiro atoms. The quantitative estimate of drug-likeness (QED) is 0.707. The number of hydrogen-bond acceptors (Lipinski definition) is 3. The number of imidazole rings is 1. The Morgan fingerprint density at radius 2 is 2.12 bits per heavy atom. The van der Waals surface area contributed by atoms with Crippen LogP contribution in [-0.2, 0) is 0 Å². The van der Waals surface area contributed by atoms with E-state index in [1.54, 1.807) is 10.9 Å². The van der Waals surface area contributed by atoms with Crippen LogP contribution in [0.25, 0.3) is 22.6 Å². The van der Waals surface area contributed by atoms with Gasteiger partial charge < -0.3 is 4.98 Å². The van der Waals surface area contributed by atoms with Gasteiger partial charge in [-0.3, -0.25) is 0 Å². The van der Waals surface area contributed by atoms with E-state index >= 15 is 0 Å². The molecule has 6 heteroatoms. The second-order valence-corrected chi connectivity index (χ2v) is 3.94. The average Bonchev–Trinajstić information content (AvgIpc) is 2.91. The molecule has 0 aliphatic heterocycles. The van der Waals surface area contributed by atoms with Crippen molar-refractivity contribution >= 4 is 22.4 Å². The van der Waals surface area contributed by atoms with Crippen molar-refractivity contribution in [3.05, 3.63) is 34.7 Å². The van der Waals surface area contributed by atoms with Crippen LogP contribution >= 0.6 is 11.3 Å². The zero-order valence-electron chi connectivity index (χ0n) is 7.87. The predicted octanol–water partition coefficient (Wildman–Crippen LogP) is 2.96. The Hall–Kier alpha value is -1.82. The molecule has 2 heterocycles. The van der Waals surface area contributed by atoms with E-state index < -0.39 is 11.6 Å². The standard InChI is InChI=1S/C10H5F2N3S/c11-5-1-2-6-9(8(5)12)15-10(14-6)7-3-16-4-13-7/h1-4H,(H,14,15). The third kappa shape index (κ3) is 1.30. The van der Waals surface area contributed by atoms with Crippen LogP contribution in [0.4, 0.5) is 8.78 Å². The lowest BCUT2D eigenvalue weighted by molar-refractivity contribution is 0.515. The number of hydrogen-bond donors (Lipinski definition) is 1. The summed E-state index contributed by atoms with van der Waals surface area (Å²) < 4.78 is 26.3. The molecule has 0 saturated carbocycles. The smallest absolute Gasteiger partial charge is 0.186 e. The van der Waals surface area contributed by atoms with Crippen LogP contribution in [0.3, 0.4) is 0 Å². The van der Waals surface area contributed by atoms with E-state index in [1.165, 1.54) is 17.4 Å². The molecule has 0 fully saturated rings. The third-order valence-electron chi connectivity index (χ3n) is 2.22. The van der Waals surface area contributed by atoms with Gasteiger partial charge in [0.2, 0.25) is 0 Å². The van der Waals surface area contributed by atoms with Gasteiger partial charge in [-0.2, -0.15) is 0 Å². The molecule has 2 aromatic heterocycles. The van der Waals surface area contributed by atoms with Crippen molar-refractivity contribution in [2.24, 2.45) is 0 Å². The SMILES string of the molecule is Fc1ccc2[nH]c(-c3cscn3)nc2c1F. The Morgan fingerprint density at radius 3 is 2.88 bits per heavy atom. The number of fused-ring (bicyclic) bond motifs is 1. The molecular weight excluding hydrogens is 232 g/mol. The number of nitrogens with one attached hydrogen (secondary N) is 1. The van der Waals surface area contributed by atoms with Crippen LogP contribution in [0.2, 0.25) is 0 Å². The van der Waals surface area contributed by atoms with Crippen molar-refractivity contribution in [2.45, 2.75) is 0 Å². The Balaban J connectivity index is 2.28. The first-order valence-corrected chi connectivity index (χ1v) is 5.42. The molecule has 3 rings (SSSR count). The molecule has 1 N–H and O–H groups in total. The lowest BCUT2D eigenvalue weighted by atomic mass is 10.3. The number of halogens is 2. The molecule has 80 valence electrons. The molecule has 16 heavy (non-hydrogen) atoms. The van der Waals surface area contributed by atoms with Crippen molar-refractivity contribution in [1.82, 2.24) is 15.0 Å². The molecule has 0 bridgehead atoms. The minimum absolute atomic E-state index is 0.00278. The summed E-state index contributed by atoms with van der Waals surface area (Å²) in [5.41, 5.74) is 2.74. The number of aromatic nitrogens is 3. The van der Waals surface area contributed by atoms with Crippen LogP contribution < -0.4 is 0 Å². The first-order chi connectivity index (χ1) is 7.75. The molecular formula is C10H5F2N3S. The third-order valence-corrected chi connectivity index (χ3v) is 2.81. The van der Waals surface area contributed by atoms with Gasteiger partial charge in [0, 0.05) is 5.38 Å². The average molecular weight is 237 g/mol. The second kappa shape index (κ2) is 3.34. The van der Waals surface area contributed by atoms with Gasteiger partial charge in [0.25, 0.3) is 0 Å². The van der Waals surface area contributed by atoms with Crippen molar-refractivity contribution < 1.29 is 8.78 Å². The molecule has 3 aromatic rings. The van der Waals surface area contributed by atoms with E-state index in [0.29, 0.717) is 17.0 Å². The normalized spacial score (nSPS) is 11.1. The van der Waals surface area contributed by atoms with E-state index in [4.69, 9.17) is 0 Å². The number of aromatic amines is 1. The maximum absolute atomic E-state index is 13.4. The monoisotopic (exact) mass is 237 g/mol. The van der Waals surface area contributed by atoms with Gasteiger partial charge in [0.1, 0.15) is 11.2 Å². The van der Waals surface area contributed by atoms with Crippen LogP contribution in [-0.4, -0.2) is 15.0 Å². The van der Waals surface area contributed by atoms with Gasteiger partial charge in [-0.25, -0.2) is 18.7 Å². The molecule has 0 aliphatic rings. The van der Waals surface area contributed by atoms with Gasteiger partial charge in [0.15, 0.2) is 17.5 Å². The summed E-state index contributed by atoms with van der Waals surface area (Å²) in [5, 5.41) is 1.78. The zero-order valence-corrected chi connectivity index (χ0v) is 8.68. The lowest BCUT2D eigenvalue weighted by Crippen LogP contribution is -1.84. The van der Waals surface area contributed by atoms with Crippen LogP contribution in [0.1, 0.15) is 0 Å². The number of nitrogens with zero attached hydrogens (tertiary/aromatic N) is 2. The highest BCUT2D eigenvalue weighted by molar-refractivity contribution is 7.07. The summed E-state index contributed by atoms with van der Waals surface area (Å²) in [4.78, 5) is 10.9. The molecule has 0 amide bonds. The molecule has 0 radical (unpaired) electrons. The number of rotatable bonds is 1. The lowest BCUT2D eigenvalue weighted by Gasteiger charge is -1.91. The van der Waals surface area contributed by atoms with E-state index in [-0.39, 0.29) is 5.52 Å². The summed E-state index contributed by atoms with van der Waals surface area (Å²) in [7, 11) is 0. The summed E-state index contributed by atoms with van der Waals surface area (Å²) in [6.45, 7) is 0. The van der Waals surface area contributed by atoms with Crippen molar-refractivity contribution in [2.75, 3.05) is 0 Å². The topological polar surface area (TPSA) is 41.6 Å². The summed E-state index contributed by atoms with van der Waals surface area (Å²) >= 11 is 1.41. The van der Waals surface area contributed by atoms with Crippen molar-refractivity contribution in [3.8, 4) is 11.5 Å². The molecule has 0 saturated heterocycles. The van der Waals surface area contributed by atoms with Crippen molar-refractivity contribution in [3.63, 3.8) is 0 Å². The highest BCUT2D eigenvalue weighted by Gasteiger charge is 2.13. The van der Waals surface area contributed by atoms with Gasteiger partial charge in [-0.1, -0.05) is 0 Å². The zero-order chi connectivity index (χ0) is 11.1. The molecule has 0 unspecified atom stereocenters. The van der Waals surface area contributed by atoms with Gasteiger partial charge in [0.05, 0.1) is 11.0 Å². The Morgan fingerprint density at radius 1 is 1.25 bits per heavy atom. The van der Waals surface area contributed by atoms with Gasteiger partial charge >= 0.3 is 0 Å². The minimum atomic E-state index is -0.935. The Bertz CT molecular complexity index is 645. The fourth-order valence-corrected chi connectivity index (χ4v) is 2.00. The van der Waals surface area contributed by atoms with E-state index in [2.05, 4.69) is 15.0 Å². The number of benzene rings is 1. The predicted molar refractivity (Wildman–Crippen MR) is 57.1 cm³/mol. The van der Waals surface area contributed by atoms with E-state index in [9.17, 15) is 8.78 Å². The van der Waals surface area contributed by atoms with Gasteiger partial charge in [-0.15, -0.1) is 11.3 Å². The van der Waals surface area contributed by atoms with Crippen LogP contribution in [0.5, 0.6) is 0 Å².